The van der Waals surface area contributed by atoms with Gasteiger partial charge >= 0.3 is 18.1 Å². The van der Waals surface area contributed by atoms with Crippen LogP contribution in [0.15, 0.2) is 12.2 Å². The fourth-order valence-electron chi connectivity index (χ4n) is 3.28. The number of hydrogen-bond donors (Lipinski definition) is 3. The Morgan fingerprint density at radius 3 is 2.18 bits per heavy atom. The molecule has 1 aliphatic carbocycles. The van der Waals surface area contributed by atoms with E-state index in [1.807, 2.05) is 0 Å². The van der Waals surface area contributed by atoms with Crippen molar-refractivity contribution in [3.8, 4) is 0 Å². The lowest BCUT2D eigenvalue weighted by atomic mass is 9.84. The third-order valence-electron chi connectivity index (χ3n) is 4.73. The Balaban J connectivity index is 0.000000480. The van der Waals surface area contributed by atoms with Crippen LogP contribution in [0, 0.1) is 17.3 Å². The van der Waals surface area contributed by atoms with E-state index in [9.17, 15) is 27.9 Å². The van der Waals surface area contributed by atoms with E-state index in [-0.39, 0.29) is 5.91 Å². The largest absolute Gasteiger partial charge is 0.490 e. The smallest absolute Gasteiger partial charge is 0.480 e. The summed E-state index contributed by atoms with van der Waals surface area (Å²) >= 11 is 0. The number of carbonyl (C=O) groups excluding carboxylic acids is 1. The number of halogens is 3. The number of allylic oxidation sites excluding steroid dienone is 2. The number of hydrogen-bond acceptors (Lipinski definition) is 4. The lowest BCUT2D eigenvalue weighted by molar-refractivity contribution is -0.192. The number of nitrogens with zero attached hydrogens (tertiary/aromatic N) is 1. The van der Waals surface area contributed by atoms with Crippen molar-refractivity contribution in [2.24, 2.45) is 17.3 Å². The van der Waals surface area contributed by atoms with E-state index in [2.05, 4.69) is 24.1 Å². The van der Waals surface area contributed by atoms with Crippen LogP contribution in [0.1, 0.15) is 33.1 Å². The Labute approximate surface area is 161 Å². The maximum Gasteiger partial charge on any atom is 0.490 e. The van der Waals surface area contributed by atoms with E-state index in [1.165, 1.54) is 0 Å². The van der Waals surface area contributed by atoms with Crippen molar-refractivity contribution < 1.29 is 37.8 Å². The Morgan fingerprint density at radius 1 is 1.21 bits per heavy atom. The SMILES string of the molecule is CC(C)CN1CCC(CNC(=O)C2(C(=O)O)CC=CC2)C1.O=C(O)C(F)(F)F. The topological polar surface area (TPSA) is 107 Å². The van der Waals surface area contributed by atoms with Gasteiger partial charge in [-0.2, -0.15) is 13.2 Å². The molecule has 2 rings (SSSR count). The molecule has 7 nitrogen and oxygen atoms in total. The van der Waals surface area contributed by atoms with Crippen molar-refractivity contribution in [3.05, 3.63) is 12.2 Å². The lowest BCUT2D eigenvalue weighted by Gasteiger charge is -2.24. The van der Waals surface area contributed by atoms with Crippen LogP contribution in [0.2, 0.25) is 0 Å². The van der Waals surface area contributed by atoms with Crippen molar-refractivity contribution >= 4 is 17.8 Å². The van der Waals surface area contributed by atoms with Gasteiger partial charge < -0.3 is 20.4 Å². The summed E-state index contributed by atoms with van der Waals surface area (Å²) in [5.74, 6) is -3.02. The predicted octanol–water partition coefficient (Wildman–Crippen LogP) is 2.13. The first kappa shape index (κ1) is 23.9. The van der Waals surface area contributed by atoms with Crippen LogP contribution in [-0.2, 0) is 14.4 Å². The van der Waals surface area contributed by atoms with Crippen molar-refractivity contribution in [1.29, 1.82) is 0 Å². The second-order valence-corrected chi connectivity index (χ2v) is 7.59. The zero-order chi connectivity index (χ0) is 21.5. The molecular formula is C18H27F3N2O5. The molecule has 0 saturated carbocycles. The number of alkyl halides is 3. The molecule has 0 aromatic carbocycles. The first-order valence-corrected chi connectivity index (χ1v) is 9.07. The van der Waals surface area contributed by atoms with Crippen molar-refractivity contribution in [3.63, 3.8) is 0 Å². The minimum absolute atomic E-state index is 0.304. The van der Waals surface area contributed by atoms with Gasteiger partial charge in [0.1, 0.15) is 0 Å². The number of rotatable bonds is 6. The molecule has 1 unspecified atom stereocenters. The van der Waals surface area contributed by atoms with Crippen LogP contribution in [0.25, 0.3) is 0 Å². The molecular weight excluding hydrogens is 381 g/mol. The van der Waals surface area contributed by atoms with Gasteiger partial charge in [-0.3, -0.25) is 9.59 Å². The monoisotopic (exact) mass is 408 g/mol. The van der Waals surface area contributed by atoms with E-state index in [1.54, 1.807) is 12.2 Å². The molecule has 0 radical (unpaired) electrons. The first-order chi connectivity index (χ1) is 12.9. The summed E-state index contributed by atoms with van der Waals surface area (Å²) in [5.41, 5.74) is -1.27. The summed E-state index contributed by atoms with van der Waals surface area (Å²) in [5, 5.41) is 19.4. The zero-order valence-electron chi connectivity index (χ0n) is 16.0. The molecule has 1 amide bonds. The summed E-state index contributed by atoms with van der Waals surface area (Å²) in [7, 11) is 0. The molecule has 1 heterocycles. The van der Waals surface area contributed by atoms with Gasteiger partial charge in [0.25, 0.3) is 0 Å². The number of nitrogens with one attached hydrogen (secondary N) is 1. The molecule has 1 fully saturated rings. The highest BCUT2D eigenvalue weighted by Gasteiger charge is 2.46. The van der Waals surface area contributed by atoms with E-state index in [0.717, 1.165) is 26.1 Å². The number of likely N-dealkylation sites (tertiary alicyclic amines) is 1. The standard InChI is InChI=1S/C16H26N2O3.C2HF3O2/c1-12(2)10-18-8-5-13(11-18)9-17-14(19)16(15(20)21)6-3-4-7-16;3-2(4,5)1(6)7/h3-4,12-13H,5-11H2,1-2H3,(H,17,19)(H,20,21);(H,6,7). The molecule has 1 saturated heterocycles. The minimum Gasteiger partial charge on any atom is -0.480 e. The molecule has 1 atom stereocenters. The summed E-state index contributed by atoms with van der Waals surface area (Å²) in [6.45, 7) is 8.16. The highest BCUT2D eigenvalue weighted by atomic mass is 19.4. The molecule has 0 bridgehead atoms. The maximum atomic E-state index is 12.3. The Kier molecular flexibility index (Phi) is 8.47. The molecule has 3 N–H and O–H groups in total. The van der Waals surface area contributed by atoms with Crippen LogP contribution in [0.5, 0.6) is 0 Å². The van der Waals surface area contributed by atoms with Crippen LogP contribution >= 0.6 is 0 Å². The summed E-state index contributed by atoms with van der Waals surface area (Å²) in [4.78, 5) is 35.0. The van der Waals surface area contributed by atoms with E-state index in [0.29, 0.717) is 31.2 Å². The zero-order valence-corrected chi connectivity index (χ0v) is 16.0. The number of aliphatic carboxylic acids is 2. The second-order valence-electron chi connectivity index (χ2n) is 7.59. The van der Waals surface area contributed by atoms with E-state index >= 15 is 0 Å². The Bertz CT molecular complexity index is 597. The normalized spacial score (nSPS) is 21.3. The van der Waals surface area contributed by atoms with Crippen LogP contribution < -0.4 is 5.32 Å². The molecule has 160 valence electrons. The van der Waals surface area contributed by atoms with Gasteiger partial charge in [0.15, 0.2) is 5.41 Å². The van der Waals surface area contributed by atoms with Gasteiger partial charge in [-0.15, -0.1) is 0 Å². The van der Waals surface area contributed by atoms with Gasteiger partial charge in [0.2, 0.25) is 5.91 Å². The van der Waals surface area contributed by atoms with Crippen LogP contribution in [-0.4, -0.2) is 65.3 Å². The van der Waals surface area contributed by atoms with E-state index < -0.39 is 23.5 Å². The minimum atomic E-state index is -5.08. The predicted molar refractivity (Wildman–Crippen MR) is 94.5 cm³/mol. The summed E-state index contributed by atoms with van der Waals surface area (Å²) in [6.07, 6.45) is 0.170. The second kappa shape index (κ2) is 9.90. The number of carbonyl (C=O) groups is 3. The highest BCUT2D eigenvalue weighted by molar-refractivity contribution is 6.02. The van der Waals surface area contributed by atoms with Crippen molar-refractivity contribution in [1.82, 2.24) is 10.2 Å². The lowest BCUT2D eigenvalue weighted by Crippen LogP contribution is -2.46. The fraction of sp³-hybridized carbons (Fsp3) is 0.722. The number of carboxylic acid groups (broad SMARTS) is 2. The van der Waals surface area contributed by atoms with Crippen LogP contribution in [0.3, 0.4) is 0 Å². The van der Waals surface area contributed by atoms with Crippen molar-refractivity contribution in [2.75, 3.05) is 26.2 Å². The van der Waals surface area contributed by atoms with Gasteiger partial charge in [0.05, 0.1) is 0 Å². The Morgan fingerprint density at radius 2 is 1.75 bits per heavy atom. The number of amides is 1. The average molecular weight is 408 g/mol. The molecule has 0 aromatic heterocycles. The fourth-order valence-corrected chi connectivity index (χ4v) is 3.28. The van der Waals surface area contributed by atoms with Gasteiger partial charge in [-0.05, 0) is 37.6 Å². The average Bonchev–Trinajstić information content (AvgIpc) is 3.21. The first-order valence-electron chi connectivity index (χ1n) is 9.07. The van der Waals surface area contributed by atoms with Gasteiger partial charge in [-0.1, -0.05) is 26.0 Å². The van der Waals surface area contributed by atoms with Crippen molar-refractivity contribution in [2.45, 2.75) is 39.3 Å². The third kappa shape index (κ3) is 6.81. The Hall–Kier alpha value is -2.10. The van der Waals surface area contributed by atoms with Gasteiger partial charge in [-0.25, -0.2) is 4.79 Å². The highest BCUT2D eigenvalue weighted by Crippen LogP contribution is 2.34. The molecule has 0 spiro atoms. The summed E-state index contributed by atoms with van der Waals surface area (Å²) in [6, 6.07) is 0. The maximum absolute atomic E-state index is 12.3. The van der Waals surface area contributed by atoms with Crippen LogP contribution in [0.4, 0.5) is 13.2 Å². The third-order valence-corrected chi connectivity index (χ3v) is 4.73. The number of carboxylic acids is 2. The molecule has 2 aliphatic rings. The molecule has 0 aromatic rings. The molecule has 1 aliphatic heterocycles. The molecule has 28 heavy (non-hydrogen) atoms. The summed E-state index contributed by atoms with van der Waals surface area (Å²) < 4.78 is 31.7. The van der Waals surface area contributed by atoms with Gasteiger partial charge in [0, 0.05) is 19.6 Å². The van der Waals surface area contributed by atoms with E-state index in [4.69, 9.17) is 9.90 Å². The quantitative estimate of drug-likeness (QED) is 0.459. The molecule has 10 heteroatoms.